The molecular formula is C18H29NO2. The minimum atomic E-state index is -0.0374. The number of nitrogens with one attached hydrogen (secondary N) is 1. The fourth-order valence-corrected chi connectivity index (χ4v) is 3.53. The number of methoxy groups -OCH3 is 2. The van der Waals surface area contributed by atoms with Gasteiger partial charge in [0.15, 0.2) is 0 Å². The van der Waals surface area contributed by atoms with E-state index in [1.165, 1.54) is 18.4 Å². The van der Waals surface area contributed by atoms with Gasteiger partial charge in [0.05, 0.1) is 12.7 Å². The topological polar surface area (TPSA) is 30.5 Å². The number of hydrogen-bond donors (Lipinski definition) is 1. The molecule has 1 N–H and O–H groups in total. The molecule has 3 heteroatoms. The molecule has 1 aromatic carbocycles. The lowest BCUT2D eigenvalue weighted by Crippen LogP contribution is -2.54. The van der Waals surface area contributed by atoms with Crippen molar-refractivity contribution in [3.8, 4) is 5.75 Å². The SMILES string of the molecule is CNC(Cc1cccc(OC)c1)C1(OC)CCC(C)CC1. The summed E-state index contributed by atoms with van der Waals surface area (Å²) in [6, 6.07) is 8.68. The lowest BCUT2D eigenvalue weighted by Gasteiger charge is -2.44. The first-order chi connectivity index (χ1) is 10.1. The largest absolute Gasteiger partial charge is 0.497 e. The van der Waals surface area contributed by atoms with Crippen molar-refractivity contribution in [2.24, 2.45) is 5.92 Å². The van der Waals surface area contributed by atoms with Gasteiger partial charge in [0, 0.05) is 13.2 Å². The van der Waals surface area contributed by atoms with E-state index in [9.17, 15) is 0 Å². The van der Waals surface area contributed by atoms with Gasteiger partial charge >= 0.3 is 0 Å². The summed E-state index contributed by atoms with van der Waals surface area (Å²) >= 11 is 0. The van der Waals surface area contributed by atoms with Gasteiger partial charge < -0.3 is 14.8 Å². The highest BCUT2D eigenvalue weighted by atomic mass is 16.5. The quantitative estimate of drug-likeness (QED) is 0.871. The van der Waals surface area contributed by atoms with Gasteiger partial charge in [-0.3, -0.25) is 0 Å². The normalized spacial score (nSPS) is 27.3. The predicted molar refractivity (Wildman–Crippen MR) is 86.9 cm³/mol. The van der Waals surface area contributed by atoms with E-state index in [2.05, 4.69) is 30.4 Å². The van der Waals surface area contributed by atoms with Gasteiger partial charge in [0.1, 0.15) is 5.75 Å². The molecule has 0 bridgehead atoms. The van der Waals surface area contributed by atoms with Crippen molar-refractivity contribution in [1.82, 2.24) is 5.32 Å². The molecule has 1 unspecified atom stereocenters. The Balaban J connectivity index is 2.13. The molecule has 1 aromatic rings. The molecule has 3 nitrogen and oxygen atoms in total. The predicted octanol–water partition coefficient (Wildman–Crippen LogP) is 3.42. The van der Waals surface area contributed by atoms with E-state index in [0.717, 1.165) is 30.9 Å². The molecule has 0 saturated heterocycles. The molecule has 21 heavy (non-hydrogen) atoms. The van der Waals surface area contributed by atoms with Crippen LogP contribution >= 0.6 is 0 Å². The lowest BCUT2D eigenvalue weighted by atomic mass is 9.74. The Labute approximate surface area is 129 Å². The number of benzene rings is 1. The van der Waals surface area contributed by atoms with E-state index in [-0.39, 0.29) is 5.60 Å². The Morgan fingerprint density at radius 2 is 2.00 bits per heavy atom. The number of rotatable bonds is 6. The molecule has 1 atom stereocenters. The fraction of sp³-hybridized carbons (Fsp3) is 0.667. The van der Waals surface area contributed by atoms with Crippen LogP contribution in [0, 0.1) is 5.92 Å². The first kappa shape index (κ1) is 16.3. The molecule has 1 fully saturated rings. The highest BCUT2D eigenvalue weighted by Crippen LogP contribution is 2.37. The molecule has 118 valence electrons. The maximum atomic E-state index is 6.02. The van der Waals surface area contributed by atoms with E-state index < -0.39 is 0 Å². The molecule has 0 amide bonds. The van der Waals surface area contributed by atoms with Gasteiger partial charge in [-0.1, -0.05) is 19.1 Å². The van der Waals surface area contributed by atoms with Crippen LogP contribution in [0.5, 0.6) is 5.75 Å². The maximum absolute atomic E-state index is 6.02. The zero-order valence-corrected chi connectivity index (χ0v) is 13.8. The number of likely N-dealkylation sites (N-methyl/N-ethyl adjacent to an activating group) is 1. The Morgan fingerprint density at radius 1 is 1.29 bits per heavy atom. The summed E-state index contributed by atoms with van der Waals surface area (Å²) < 4.78 is 11.3. The van der Waals surface area contributed by atoms with Gasteiger partial charge in [0.2, 0.25) is 0 Å². The first-order valence-corrected chi connectivity index (χ1v) is 7.99. The molecule has 1 saturated carbocycles. The number of ether oxygens (including phenoxy) is 2. The summed E-state index contributed by atoms with van der Waals surface area (Å²) in [5, 5.41) is 3.50. The average Bonchev–Trinajstić information content (AvgIpc) is 2.54. The lowest BCUT2D eigenvalue weighted by molar-refractivity contribution is -0.0730. The highest BCUT2D eigenvalue weighted by molar-refractivity contribution is 5.29. The van der Waals surface area contributed by atoms with E-state index in [0.29, 0.717) is 6.04 Å². The standard InChI is InChI=1S/C18H29NO2/c1-14-8-10-18(21-4,11-9-14)17(19-2)13-15-6-5-7-16(12-15)20-3/h5-7,12,14,17,19H,8-11,13H2,1-4H3. The molecule has 1 aliphatic rings. The molecule has 0 aliphatic heterocycles. The molecule has 2 rings (SSSR count). The van der Waals surface area contributed by atoms with E-state index in [1.54, 1.807) is 7.11 Å². The van der Waals surface area contributed by atoms with E-state index >= 15 is 0 Å². The average molecular weight is 291 g/mol. The smallest absolute Gasteiger partial charge is 0.119 e. The van der Waals surface area contributed by atoms with Gasteiger partial charge in [0.25, 0.3) is 0 Å². The summed E-state index contributed by atoms with van der Waals surface area (Å²) in [5.41, 5.74) is 1.26. The van der Waals surface area contributed by atoms with Crippen LogP contribution in [0.4, 0.5) is 0 Å². The van der Waals surface area contributed by atoms with Crippen molar-refractivity contribution in [1.29, 1.82) is 0 Å². The van der Waals surface area contributed by atoms with Crippen LogP contribution in [-0.2, 0) is 11.2 Å². The summed E-state index contributed by atoms with van der Waals surface area (Å²) in [6.45, 7) is 2.34. The first-order valence-electron chi connectivity index (χ1n) is 7.99. The summed E-state index contributed by atoms with van der Waals surface area (Å²) in [6.07, 6.45) is 5.75. The second kappa shape index (κ2) is 7.28. The highest BCUT2D eigenvalue weighted by Gasteiger charge is 2.40. The van der Waals surface area contributed by atoms with Gasteiger partial charge in [-0.25, -0.2) is 0 Å². The van der Waals surface area contributed by atoms with Crippen molar-refractivity contribution in [2.75, 3.05) is 21.3 Å². The minimum absolute atomic E-state index is 0.0374. The van der Waals surface area contributed by atoms with E-state index in [1.807, 2.05) is 20.2 Å². The van der Waals surface area contributed by atoms with Gasteiger partial charge in [-0.2, -0.15) is 0 Å². The summed E-state index contributed by atoms with van der Waals surface area (Å²) in [4.78, 5) is 0. The molecule has 0 radical (unpaired) electrons. The Kier molecular flexibility index (Phi) is 5.65. The third-order valence-corrected chi connectivity index (χ3v) is 5.08. The van der Waals surface area contributed by atoms with Gasteiger partial charge in [-0.05, 0) is 62.8 Å². The third kappa shape index (κ3) is 3.78. The van der Waals surface area contributed by atoms with Crippen molar-refractivity contribution in [3.05, 3.63) is 29.8 Å². The van der Waals surface area contributed by atoms with Crippen LogP contribution in [0.15, 0.2) is 24.3 Å². The summed E-state index contributed by atoms with van der Waals surface area (Å²) in [5.74, 6) is 1.74. The Hall–Kier alpha value is -1.06. The fourth-order valence-electron chi connectivity index (χ4n) is 3.53. The Morgan fingerprint density at radius 3 is 2.57 bits per heavy atom. The van der Waals surface area contributed by atoms with Crippen LogP contribution in [0.3, 0.4) is 0 Å². The van der Waals surface area contributed by atoms with Gasteiger partial charge in [-0.15, -0.1) is 0 Å². The van der Waals surface area contributed by atoms with Crippen LogP contribution in [0.1, 0.15) is 38.2 Å². The van der Waals surface area contributed by atoms with Crippen LogP contribution in [0.25, 0.3) is 0 Å². The zero-order chi connectivity index (χ0) is 15.3. The van der Waals surface area contributed by atoms with Crippen LogP contribution in [0.2, 0.25) is 0 Å². The maximum Gasteiger partial charge on any atom is 0.119 e. The number of hydrogen-bond acceptors (Lipinski definition) is 3. The molecular weight excluding hydrogens is 262 g/mol. The molecule has 0 aromatic heterocycles. The van der Waals surface area contributed by atoms with Crippen molar-refractivity contribution in [3.63, 3.8) is 0 Å². The van der Waals surface area contributed by atoms with Crippen molar-refractivity contribution < 1.29 is 9.47 Å². The van der Waals surface area contributed by atoms with Crippen molar-refractivity contribution >= 4 is 0 Å². The minimum Gasteiger partial charge on any atom is -0.497 e. The molecule has 0 spiro atoms. The summed E-state index contributed by atoms with van der Waals surface area (Å²) in [7, 11) is 5.63. The van der Waals surface area contributed by atoms with E-state index in [4.69, 9.17) is 9.47 Å². The monoisotopic (exact) mass is 291 g/mol. The zero-order valence-electron chi connectivity index (χ0n) is 13.8. The molecule has 1 aliphatic carbocycles. The second-order valence-electron chi connectivity index (χ2n) is 6.35. The molecule has 0 heterocycles. The Bertz CT molecular complexity index is 439. The third-order valence-electron chi connectivity index (χ3n) is 5.08. The van der Waals surface area contributed by atoms with Crippen LogP contribution < -0.4 is 10.1 Å². The second-order valence-corrected chi connectivity index (χ2v) is 6.35. The van der Waals surface area contributed by atoms with Crippen molar-refractivity contribution in [2.45, 2.75) is 50.7 Å². The van der Waals surface area contributed by atoms with Crippen LogP contribution in [-0.4, -0.2) is 32.9 Å².